The number of rotatable bonds is 3. The van der Waals surface area contributed by atoms with E-state index in [-0.39, 0.29) is 16.9 Å². The first-order chi connectivity index (χ1) is 9.91. The second-order valence-corrected chi connectivity index (χ2v) is 4.35. The number of halogens is 3. The molecule has 0 amide bonds. The Bertz CT molecular complexity index is 688. The molecule has 0 saturated carbocycles. The molecule has 0 spiro atoms. The molecular formula is C16H11F3O2. The highest BCUT2D eigenvalue weighted by molar-refractivity contribution is 5.82. The number of carbonyl (C=O) groups excluding carboxylic acids is 1. The molecule has 2 nitrogen and oxygen atoms in total. The Balaban J connectivity index is 2.36. The van der Waals surface area contributed by atoms with Gasteiger partial charge in [-0.1, -0.05) is 36.4 Å². The third-order valence-corrected chi connectivity index (χ3v) is 2.90. The highest BCUT2D eigenvalue weighted by Crippen LogP contribution is 2.32. The summed E-state index contributed by atoms with van der Waals surface area (Å²) >= 11 is 0. The molecule has 0 aliphatic rings. The van der Waals surface area contributed by atoms with Gasteiger partial charge >= 0.3 is 6.18 Å². The van der Waals surface area contributed by atoms with E-state index in [4.69, 9.17) is 0 Å². The molecule has 0 bridgehead atoms. The lowest BCUT2D eigenvalue weighted by Gasteiger charge is -2.09. The molecule has 2 rings (SSSR count). The zero-order valence-corrected chi connectivity index (χ0v) is 10.8. The zero-order chi connectivity index (χ0) is 15.5. The average Bonchev–Trinajstić information content (AvgIpc) is 2.45. The summed E-state index contributed by atoms with van der Waals surface area (Å²) in [6, 6.07) is 9.44. The van der Waals surface area contributed by atoms with Crippen molar-refractivity contribution in [3.05, 3.63) is 64.7 Å². The minimum atomic E-state index is -4.43. The Morgan fingerprint density at radius 2 is 1.67 bits per heavy atom. The van der Waals surface area contributed by atoms with Crippen LogP contribution in [0.3, 0.4) is 0 Å². The van der Waals surface area contributed by atoms with E-state index < -0.39 is 11.7 Å². The van der Waals surface area contributed by atoms with Crippen LogP contribution >= 0.6 is 0 Å². The third-order valence-electron chi connectivity index (χ3n) is 2.90. The SMILES string of the molecule is O=Cc1cc(/C=C/c2ccccc2C(F)(F)F)ccc1O. The van der Waals surface area contributed by atoms with Crippen LogP contribution in [0.2, 0.25) is 0 Å². The number of carbonyl (C=O) groups is 1. The van der Waals surface area contributed by atoms with Gasteiger partial charge in [0.05, 0.1) is 11.1 Å². The quantitative estimate of drug-likeness (QED) is 0.672. The van der Waals surface area contributed by atoms with Crippen LogP contribution in [0.1, 0.15) is 27.0 Å². The average molecular weight is 292 g/mol. The second-order valence-electron chi connectivity index (χ2n) is 4.35. The third kappa shape index (κ3) is 3.51. The van der Waals surface area contributed by atoms with Crippen LogP contribution in [0.4, 0.5) is 13.2 Å². The monoisotopic (exact) mass is 292 g/mol. The van der Waals surface area contributed by atoms with Gasteiger partial charge < -0.3 is 5.11 Å². The molecule has 0 aromatic heterocycles. The lowest BCUT2D eigenvalue weighted by molar-refractivity contribution is -0.137. The van der Waals surface area contributed by atoms with E-state index in [1.165, 1.54) is 48.6 Å². The van der Waals surface area contributed by atoms with Crippen LogP contribution < -0.4 is 0 Å². The molecule has 0 unspecified atom stereocenters. The van der Waals surface area contributed by atoms with Crippen molar-refractivity contribution in [2.24, 2.45) is 0 Å². The highest BCUT2D eigenvalue weighted by atomic mass is 19.4. The van der Waals surface area contributed by atoms with Gasteiger partial charge in [0, 0.05) is 0 Å². The Morgan fingerprint density at radius 3 is 2.33 bits per heavy atom. The van der Waals surface area contributed by atoms with E-state index in [1.54, 1.807) is 0 Å². The molecule has 108 valence electrons. The van der Waals surface area contributed by atoms with Crippen LogP contribution in [-0.4, -0.2) is 11.4 Å². The molecule has 5 heteroatoms. The first-order valence-corrected chi connectivity index (χ1v) is 6.04. The standard InChI is InChI=1S/C16H11F3O2/c17-16(18,19)14-4-2-1-3-12(14)7-5-11-6-8-15(21)13(9-11)10-20/h1-10,21H/b7-5+. The molecule has 0 aliphatic heterocycles. The van der Waals surface area contributed by atoms with E-state index in [9.17, 15) is 23.1 Å². The molecule has 2 aromatic carbocycles. The van der Waals surface area contributed by atoms with Gasteiger partial charge in [-0.15, -0.1) is 0 Å². The lowest BCUT2D eigenvalue weighted by Crippen LogP contribution is -2.06. The van der Waals surface area contributed by atoms with E-state index in [2.05, 4.69) is 0 Å². The van der Waals surface area contributed by atoms with Crippen LogP contribution in [0.15, 0.2) is 42.5 Å². The van der Waals surface area contributed by atoms with Crippen molar-refractivity contribution in [3.8, 4) is 5.75 Å². The maximum absolute atomic E-state index is 12.8. The smallest absolute Gasteiger partial charge is 0.416 e. The fraction of sp³-hybridized carbons (Fsp3) is 0.0625. The highest BCUT2D eigenvalue weighted by Gasteiger charge is 2.32. The largest absolute Gasteiger partial charge is 0.507 e. The van der Waals surface area contributed by atoms with Gasteiger partial charge in [-0.3, -0.25) is 4.79 Å². The predicted molar refractivity (Wildman–Crippen MR) is 73.9 cm³/mol. The van der Waals surface area contributed by atoms with Crippen LogP contribution in [0.25, 0.3) is 12.2 Å². The van der Waals surface area contributed by atoms with Crippen molar-refractivity contribution in [1.82, 2.24) is 0 Å². The number of hydrogen-bond acceptors (Lipinski definition) is 2. The molecule has 21 heavy (non-hydrogen) atoms. The Labute approximate surface area is 119 Å². The Hall–Kier alpha value is -2.56. The van der Waals surface area contributed by atoms with Gasteiger partial charge in [-0.05, 0) is 29.3 Å². The van der Waals surface area contributed by atoms with Crippen molar-refractivity contribution in [1.29, 1.82) is 0 Å². The summed E-state index contributed by atoms with van der Waals surface area (Å²) in [5.41, 5.74) is -0.0884. The summed E-state index contributed by atoms with van der Waals surface area (Å²) in [6.45, 7) is 0. The van der Waals surface area contributed by atoms with Gasteiger partial charge in [-0.2, -0.15) is 13.2 Å². The minimum Gasteiger partial charge on any atom is -0.507 e. The zero-order valence-electron chi connectivity index (χ0n) is 10.8. The maximum Gasteiger partial charge on any atom is 0.416 e. The maximum atomic E-state index is 12.8. The number of benzene rings is 2. The Morgan fingerprint density at radius 1 is 0.952 bits per heavy atom. The van der Waals surface area contributed by atoms with Crippen LogP contribution in [-0.2, 0) is 6.18 Å². The first-order valence-electron chi connectivity index (χ1n) is 6.04. The van der Waals surface area contributed by atoms with Crippen molar-refractivity contribution in [2.45, 2.75) is 6.18 Å². The molecule has 0 atom stereocenters. The van der Waals surface area contributed by atoms with E-state index in [1.807, 2.05) is 0 Å². The molecule has 0 heterocycles. The fourth-order valence-corrected chi connectivity index (χ4v) is 1.86. The molecule has 1 N–H and O–H groups in total. The van der Waals surface area contributed by atoms with Gasteiger partial charge in [0.15, 0.2) is 6.29 Å². The topological polar surface area (TPSA) is 37.3 Å². The Kier molecular flexibility index (Phi) is 4.12. The van der Waals surface area contributed by atoms with Crippen molar-refractivity contribution in [3.63, 3.8) is 0 Å². The summed E-state index contributed by atoms with van der Waals surface area (Å²) in [4.78, 5) is 10.7. The van der Waals surface area contributed by atoms with Crippen molar-refractivity contribution >= 4 is 18.4 Å². The molecule has 0 saturated heterocycles. The molecule has 0 radical (unpaired) electrons. The van der Waals surface area contributed by atoms with Gasteiger partial charge in [0.2, 0.25) is 0 Å². The summed E-state index contributed by atoms with van der Waals surface area (Å²) < 4.78 is 38.5. The van der Waals surface area contributed by atoms with E-state index in [0.29, 0.717) is 11.8 Å². The van der Waals surface area contributed by atoms with Gasteiger partial charge in [-0.25, -0.2) is 0 Å². The minimum absolute atomic E-state index is 0.0331. The van der Waals surface area contributed by atoms with E-state index in [0.717, 1.165) is 6.07 Å². The van der Waals surface area contributed by atoms with Crippen LogP contribution in [0.5, 0.6) is 5.75 Å². The molecule has 0 fully saturated rings. The fourth-order valence-electron chi connectivity index (χ4n) is 1.86. The summed E-state index contributed by atoms with van der Waals surface area (Å²) in [5.74, 6) is -0.169. The lowest BCUT2D eigenvalue weighted by atomic mass is 10.0. The molecule has 2 aromatic rings. The van der Waals surface area contributed by atoms with Crippen molar-refractivity contribution in [2.75, 3.05) is 0 Å². The van der Waals surface area contributed by atoms with E-state index >= 15 is 0 Å². The number of phenols is 1. The number of phenolic OH excluding ortho intramolecular Hbond substituents is 1. The predicted octanol–water partition coefficient (Wildman–Crippen LogP) is 4.39. The second kappa shape index (κ2) is 5.83. The summed E-state index contributed by atoms with van der Waals surface area (Å²) in [6.07, 6.45) is -1.17. The number of aromatic hydroxyl groups is 1. The van der Waals surface area contributed by atoms with Crippen LogP contribution in [0, 0.1) is 0 Å². The number of alkyl halides is 3. The molecular weight excluding hydrogens is 281 g/mol. The normalized spacial score (nSPS) is 11.8. The van der Waals surface area contributed by atoms with Gasteiger partial charge in [0.1, 0.15) is 5.75 Å². The number of aldehydes is 1. The summed E-state index contributed by atoms with van der Waals surface area (Å²) in [7, 11) is 0. The van der Waals surface area contributed by atoms with Crippen molar-refractivity contribution < 1.29 is 23.1 Å². The first kappa shape index (κ1) is 14.8. The summed E-state index contributed by atoms with van der Waals surface area (Å²) in [5, 5.41) is 9.37. The molecule has 0 aliphatic carbocycles. The van der Waals surface area contributed by atoms with Gasteiger partial charge in [0.25, 0.3) is 0 Å². The number of hydrogen-bond donors (Lipinski definition) is 1.